The van der Waals surface area contributed by atoms with Gasteiger partial charge in [-0.25, -0.2) is 0 Å². The number of methoxy groups -OCH3 is 3. The van der Waals surface area contributed by atoms with E-state index in [9.17, 15) is 19.5 Å². The number of hydrogen-bond acceptors (Lipinski definition) is 8. The highest BCUT2D eigenvalue weighted by atomic mass is 16.5. The van der Waals surface area contributed by atoms with Gasteiger partial charge in [-0.1, -0.05) is 60.7 Å². The van der Waals surface area contributed by atoms with Crippen LogP contribution in [-0.2, 0) is 21.0 Å². The topological polar surface area (TPSA) is 132 Å². The number of aliphatic hydroxyl groups is 1. The molecule has 3 N–H and O–H groups in total. The maximum atomic E-state index is 14.2. The van der Waals surface area contributed by atoms with Crippen molar-refractivity contribution in [2.24, 2.45) is 11.8 Å². The van der Waals surface area contributed by atoms with Crippen molar-refractivity contribution in [2.45, 2.75) is 31.5 Å². The van der Waals surface area contributed by atoms with E-state index in [-0.39, 0.29) is 6.61 Å². The van der Waals surface area contributed by atoms with Crippen LogP contribution < -0.4 is 29.6 Å². The average Bonchev–Trinajstić information content (AvgIpc) is 3.07. The minimum atomic E-state index is -1.81. The summed E-state index contributed by atoms with van der Waals surface area (Å²) in [6, 6.07) is 28.3. The Morgan fingerprint density at radius 3 is 1.89 bits per heavy atom. The second kappa shape index (κ2) is 14.4. The number of anilines is 2. The summed E-state index contributed by atoms with van der Waals surface area (Å²) in [6.45, 7) is 1.72. The van der Waals surface area contributed by atoms with Crippen molar-refractivity contribution in [3.8, 4) is 23.0 Å². The molecule has 0 aliphatic heterocycles. The molecule has 1 fully saturated rings. The van der Waals surface area contributed by atoms with Gasteiger partial charge < -0.3 is 34.7 Å². The molecule has 10 heteroatoms. The lowest BCUT2D eigenvalue weighted by Gasteiger charge is -2.44. The molecule has 0 heterocycles. The molecule has 0 bridgehead atoms. The van der Waals surface area contributed by atoms with Crippen LogP contribution in [0.15, 0.2) is 97.1 Å². The number of carbonyl (C=O) groups excluding carboxylic acids is 3. The third-order valence-corrected chi connectivity index (χ3v) is 8.37. The van der Waals surface area contributed by atoms with Crippen molar-refractivity contribution in [1.82, 2.24) is 0 Å². The molecule has 4 aromatic carbocycles. The van der Waals surface area contributed by atoms with Gasteiger partial charge in [0, 0.05) is 12.3 Å². The summed E-state index contributed by atoms with van der Waals surface area (Å²) in [7, 11) is 4.44. The van der Waals surface area contributed by atoms with Crippen molar-refractivity contribution in [1.29, 1.82) is 0 Å². The van der Waals surface area contributed by atoms with Gasteiger partial charge in [0.2, 0.25) is 11.8 Å². The largest absolute Gasteiger partial charge is 0.495 e. The van der Waals surface area contributed by atoms with Crippen LogP contribution in [0.1, 0.15) is 30.4 Å². The Bertz CT molecular complexity index is 1740. The number of para-hydroxylation sites is 4. The van der Waals surface area contributed by atoms with Crippen molar-refractivity contribution in [3.05, 3.63) is 108 Å². The molecule has 0 saturated heterocycles. The van der Waals surface area contributed by atoms with Gasteiger partial charge in [-0.05, 0) is 54.4 Å². The minimum absolute atomic E-state index is 0.279. The van der Waals surface area contributed by atoms with Crippen molar-refractivity contribution in [3.63, 3.8) is 0 Å². The highest BCUT2D eigenvalue weighted by molar-refractivity contribution is 6.11. The van der Waals surface area contributed by atoms with E-state index in [2.05, 4.69) is 10.6 Å². The van der Waals surface area contributed by atoms with Crippen molar-refractivity contribution >= 4 is 29.0 Å². The number of benzene rings is 4. The summed E-state index contributed by atoms with van der Waals surface area (Å²) >= 11 is 0. The predicted octanol–water partition coefficient (Wildman–Crippen LogP) is 5.61. The molecule has 47 heavy (non-hydrogen) atoms. The summed E-state index contributed by atoms with van der Waals surface area (Å²) in [4.78, 5) is 42.1. The number of carbonyl (C=O) groups is 3. The van der Waals surface area contributed by atoms with Crippen LogP contribution in [0.5, 0.6) is 23.0 Å². The lowest BCUT2D eigenvalue weighted by Crippen LogP contribution is -2.56. The maximum absolute atomic E-state index is 14.2. The van der Waals surface area contributed by atoms with Crippen LogP contribution in [0.4, 0.5) is 11.4 Å². The molecular formula is C37H38N2O8. The van der Waals surface area contributed by atoms with Gasteiger partial charge in [0.05, 0.1) is 44.2 Å². The fourth-order valence-corrected chi connectivity index (χ4v) is 6.15. The lowest BCUT2D eigenvalue weighted by atomic mass is 9.61. The molecule has 4 atom stereocenters. The third-order valence-electron chi connectivity index (χ3n) is 8.37. The molecule has 1 aliphatic rings. The summed E-state index contributed by atoms with van der Waals surface area (Å²) in [5.41, 5.74) is 0.311. The zero-order valence-electron chi connectivity index (χ0n) is 26.7. The molecule has 0 aromatic heterocycles. The van der Waals surface area contributed by atoms with E-state index >= 15 is 0 Å². The van der Waals surface area contributed by atoms with Gasteiger partial charge in [0.1, 0.15) is 29.8 Å². The number of nitrogens with one attached hydrogen (secondary N) is 2. The molecule has 0 radical (unpaired) electrons. The highest BCUT2D eigenvalue weighted by Crippen LogP contribution is 2.48. The van der Waals surface area contributed by atoms with E-state index in [1.165, 1.54) is 28.3 Å². The second-order valence-corrected chi connectivity index (χ2v) is 11.5. The number of hydrogen-bond donors (Lipinski definition) is 3. The fraction of sp³-hybridized carbons (Fsp3) is 0.270. The quantitative estimate of drug-likeness (QED) is 0.181. The number of rotatable bonds is 11. The summed E-state index contributed by atoms with van der Waals surface area (Å²) < 4.78 is 22.6. The molecule has 1 saturated carbocycles. The molecule has 0 spiro atoms. The Morgan fingerprint density at radius 1 is 0.745 bits per heavy atom. The van der Waals surface area contributed by atoms with Crippen molar-refractivity contribution in [2.75, 3.05) is 32.0 Å². The van der Waals surface area contributed by atoms with E-state index in [4.69, 9.17) is 18.9 Å². The van der Waals surface area contributed by atoms with E-state index in [0.29, 0.717) is 39.9 Å². The van der Waals surface area contributed by atoms with Gasteiger partial charge in [-0.3, -0.25) is 14.4 Å². The first-order valence-electron chi connectivity index (χ1n) is 15.1. The molecular weight excluding hydrogens is 600 g/mol. The van der Waals surface area contributed by atoms with Gasteiger partial charge in [-0.2, -0.15) is 0 Å². The van der Waals surface area contributed by atoms with Crippen LogP contribution in [0.2, 0.25) is 0 Å². The number of ether oxygens (including phenoxy) is 4. The molecule has 1 aliphatic carbocycles. The lowest BCUT2D eigenvalue weighted by molar-refractivity contribution is -0.150. The summed E-state index contributed by atoms with van der Waals surface area (Å²) in [5.74, 6) is -3.87. The summed E-state index contributed by atoms with van der Waals surface area (Å²) in [6.07, 6.45) is -0.424. The second-order valence-electron chi connectivity index (χ2n) is 11.5. The summed E-state index contributed by atoms with van der Waals surface area (Å²) in [5, 5.41) is 17.4. The monoisotopic (exact) mass is 638 g/mol. The van der Waals surface area contributed by atoms with Gasteiger partial charge >= 0.3 is 0 Å². The first kappa shape index (κ1) is 33.0. The van der Waals surface area contributed by atoms with E-state index in [1.807, 2.05) is 30.3 Å². The average molecular weight is 639 g/mol. The van der Waals surface area contributed by atoms with Crippen LogP contribution in [-0.4, -0.2) is 49.6 Å². The number of Topliss-reactive ketones (excluding diaryl/α,β-unsaturated/α-hetero) is 1. The zero-order valence-corrected chi connectivity index (χ0v) is 26.7. The zero-order chi connectivity index (χ0) is 33.6. The smallest absolute Gasteiger partial charge is 0.235 e. The normalized spacial score (nSPS) is 20.5. The van der Waals surface area contributed by atoms with Gasteiger partial charge in [0.15, 0.2) is 11.5 Å². The van der Waals surface area contributed by atoms with E-state index in [1.54, 1.807) is 66.7 Å². The van der Waals surface area contributed by atoms with E-state index in [0.717, 1.165) is 5.56 Å². The fourth-order valence-electron chi connectivity index (χ4n) is 6.15. The molecule has 4 aromatic rings. The first-order valence-corrected chi connectivity index (χ1v) is 15.1. The Hall–Kier alpha value is -5.35. The molecule has 10 nitrogen and oxygen atoms in total. The SMILES string of the molecule is COc1ccccc1NC(=O)C1C(=O)CC(C)(O)C(C(=O)Nc2ccccc2OC)C1c1ccc(OCc2ccccc2)c(OC)c1. The Morgan fingerprint density at radius 2 is 1.30 bits per heavy atom. The molecule has 244 valence electrons. The maximum Gasteiger partial charge on any atom is 0.235 e. The minimum Gasteiger partial charge on any atom is -0.495 e. The molecule has 5 rings (SSSR count). The third kappa shape index (κ3) is 7.23. The Labute approximate surface area is 273 Å². The highest BCUT2D eigenvalue weighted by Gasteiger charge is 2.56. The van der Waals surface area contributed by atoms with Gasteiger partial charge in [-0.15, -0.1) is 0 Å². The number of ketones is 1. The van der Waals surface area contributed by atoms with Crippen LogP contribution in [0, 0.1) is 11.8 Å². The first-order chi connectivity index (χ1) is 22.7. The van der Waals surface area contributed by atoms with Crippen LogP contribution in [0.3, 0.4) is 0 Å². The van der Waals surface area contributed by atoms with Gasteiger partial charge in [0.25, 0.3) is 0 Å². The Kier molecular flexibility index (Phi) is 10.1. The van der Waals surface area contributed by atoms with E-state index < -0.39 is 47.4 Å². The number of amides is 2. The Balaban J connectivity index is 1.57. The molecule has 2 amide bonds. The van der Waals surface area contributed by atoms with Crippen LogP contribution in [0.25, 0.3) is 0 Å². The van der Waals surface area contributed by atoms with Crippen molar-refractivity contribution < 1.29 is 38.4 Å². The predicted molar refractivity (Wildman–Crippen MR) is 177 cm³/mol. The van der Waals surface area contributed by atoms with Crippen LogP contribution >= 0.6 is 0 Å². The molecule has 4 unspecified atom stereocenters. The standard InChI is InChI=1S/C37H38N2O8/c1-37(43)21-27(40)33(35(41)38-25-14-8-10-16-28(25)44-2)32(34(37)36(42)39-26-15-9-11-17-29(26)45-3)24-18-19-30(31(20-24)46-4)47-22-23-12-6-5-7-13-23/h5-20,32-34,43H,21-22H2,1-4H3,(H,38,41)(H,39,42).